The van der Waals surface area contributed by atoms with Gasteiger partial charge in [0.2, 0.25) is 11.8 Å². The van der Waals surface area contributed by atoms with Crippen LogP contribution in [0.1, 0.15) is 57.3 Å². The van der Waals surface area contributed by atoms with E-state index in [-0.39, 0.29) is 29.8 Å². The smallest absolute Gasteiger partial charge is 0.252 e. The van der Waals surface area contributed by atoms with Crippen molar-refractivity contribution in [1.82, 2.24) is 15.5 Å². The highest BCUT2D eigenvalue weighted by molar-refractivity contribution is 6.07. The van der Waals surface area contributed by atoms with E-state index in [9.17, 15) is 14.4 Å². The third-order valence-electron chi connectivity index (χ3n) is 7.29. The Kier molecular flexibility index (Phi) is 6.67. The Morgan fingerprint density at radius 2 is 1.74 bits per heavy atom. The number of hydrogen-bond acceptors (Lipinski definition) is 4. The van der Waals surface area contributed by atoms with Gasteiger partial charge in [-0.25, -0.2) is 0 Å². The Bertz CT molecular complexity index is 1090. The Balaban J connectivity index is 1.55. The minimum absolute atomic E-state index is 0.0662. The molecule has 34 heavy (non-hydrogen) atoms. The summed E-state index contributed by atoms with van der Waals surface area (Å²) in [6.45, 7) is 8.08. The van der Waals surface area contributed by atoms with Crippen molar-refractivity contribution in [3.8, 4) is 0 Å². The number of fused-ring (bicyclic) bond motifs is 2. The van der Waals surface area contributed by atoms with Gasteiger partial charge in [-0.05, 0) is 54.4 Å². The minimum atomic E-state index is -0.691. The SMILES string of the molecule is C[C@H](N)C(=O)NC(C(=O)N1CCC2CCC(NC(=O)c3cccc4ccccc34)C21)C(C)(C)C. The molecule has 4 rings (SSSR count). The van der Waals surface area contributed by atoms with Crippen molar-refractivity contribution < 1.29 is 14.4 Å². The van der Waals surface area contributed by atoms with Gasteiger partial charge < -0.3 is 21.3 Å². The van der Waals surface area contributed by atoms with E-state index in [4.69, 9.17) is 5.73 Å². The number of likely N-dealkylation sites (tertiary alicyclic amines) is 1. The molecule has 1 heterocycles. The van der Waals surface area contributed by atoms with Gasteiger partial charge in [-0.1, -0.05) is 57.2 Å². The lowest BCUT2D eigenvalue weighted by Gasteiger charge is -2.37. The minimum Gasteiger partial charge on any atom is -0.347 e. The van der Waals surface area contributed by atoms with Gasteiger partial charge >= 0.3 is 0 Å². The Morgan fingerprint density at radius 1 is 1.03 bits per heavy atom. The summed E-state index contributed by atoms with van der Waals surface area (Å²) in [5.41, 5.74) is 5.93. The van der Waals surface area contributed by atoms with Gasteiger partial charge in [0, 0.05) is 18.2 Å². The lowest BCUT2D eigenvalue weighted by atomic mass is 9.85. The summed E-state index contributed by atoms with van der Waals surface area (Å²) >= 11 is 0. The average Bonchev–Trinajstić information content (AvgIpc) is 3.38. The second-order valence-electron chi connectivity index (χ2n) is 10.9. The Hall–Kier alpha value is -2.93. The van der Waals surface area contributed by atoms with Gasteiger partial charge in [-0.2, -0.15) is 0 Å². The quantitative estimate of drug-likeness (QED) is 0.633. The molecule has 0 bridgehead atoms. The average molecular weight is 465 g/mol. The van der Waals surface area contributed by atoms with E-state index in [0.717, 1.165) is 30.0 Å². The van der Waals surface area contributed by atoms with E-state index < -0.39 is 17.5 Å². The molecule has 182 valence electrons. The molecule has 5 atom stereocenters. The molecule has 3 amide bonds. The van der Waals surface area contributed by atoms with E-state index in [1.807, 2.05) is 68.1 Å². The molecule has 4 N–H and O–H groups in total. The first kappa shape index (κ1) is 24.2. The van der Waals surface area contributed by atoms with Crippen molar-refractivity contribution >= 4 is 28.5 Å². The molecule has 2 aromatic rings. The van der Waals surface area contributed by atoms with Gasteiger partial charge in [-0.3, -0.25) is 14.4 Å². The van der Waals surface area contributed by atoms with E-state index in [0.29, 0.717) is 18.0 Å². The van der Waals surface area contributed by atoms with Crippen molar-refractivity contribution in [2.24, 2.45) is 17.1 Å². The third kappa shape index (κ3) is 4.67. The summed E-state index contributed by atoms with van der Waals surface area (Å²) < 4.78 is 0. The standard InChI is InChI=1S/C27H36N4O3/c1-16(28)24(32)30-23(27(2,3)4)26(34)31-15-14-18-12-13-21(22(18)31)29-25(33)20-11-7-9-17-8-5-6-10-19(17)20/h5-11,16,18,21-23H,12-15,28H2,1-4H3,(H,29,33)(H,30,32)/t16-,18?,21?,22?,23?/m0/s1. The summed E-state index contributed by atoms with van der Waals surface area (Å²) in [6, 6.07) is 12.0. The first-order valence-corrected chi connectivity index (χ1v) is 12.2. The van der Waals surface area contributed by atoms with Crippen molar-refractivity contribution in [2.45, 2.75) is 71.1 Å². The molecule has 7 heteroatoms. The molecule has 2 aliphatic rings. The topological polar surface area (TPSA) is 105 Å². The Morgan fingerprint density at radius 3 is 2.44 bits per heavy atom. The highest BCUT2D eigenvalue weighted by Gasteiger charge is 2.49. The third-order valence-corrected chi connectivity index (χ3v) is 7.29. The number of nitrogens with zero attached hydrogens (tertiary/aromatic N) is 1. The first-order chi connectivity index (χ1) is 16.1. The number of rotatable bonds is 5. The van der Waals surface area contributed by atoms with E-state index >= 15 is 0 Å². The van der Waals surface area contributed by atoms with Crippen LogP contribution in [0.3, 0.4) is 0 Å². The molecule has 1 saturated carbocycles. The zero-order valence-electron chi connectivity index (χ0n) is 20.5. The first-order valence-electron chi connectivity index (χ1n) is 12.2. The molecule has 2 fully saturated rings. The zero-order chi connectivity index (χ0) is 24.6. The molecule has 4 unspecified atom stereocenters. The van der Waals surface area contributed by atoms with Crippen LogP contribution in [0.4, 0.5) is 0 Å². The highest BCUT2D eigenvalue weighted by atomic mass is 16.2. The van der Waals surface area contributed by atoms with Gasteiger partial charge in [0.05, 0.1) is 12.1 Å². The van der Waals surface area contributed by atoms with Crippen LogP contribution in [0, 0.1) is 11.3 Å². The van der Waals surface area contributed by atoms with Crippen molar-refractivity contribution in [3.63, 3.8) is 0 Å². The maximum atomic E-state index is 13.7. The van der Waals surface area contributed by atoms with Crippen LogP contribution in [0.5, 0.6) is 0 Å². The molecule has 0 aromatic heterocycles. The lowest BCUT2D eigenvalue weighted by molar-refractivity contribution is -0.140. The maximum absolute atomic E-state index is 13.7. The van der Waals surface area contributed by atoms with Crippen LogP contribution in [-0.2, 0) is 9.59 Å². The number of hydrogen-bond donors (Lipinski definition) is 3. The zero-order valence-corrected chi connectivity index (χ0v) is 20.5. The summed E-state index contributed by atoms with van der Waals surface area (Å²) in [5.74, 6) is -0.192. The van der Waals surface area contributed by atoms with Gasteiger partial charge in [0.25, 0.3) is 5.91 Å². The number of carbonyl (C=O) groups is 3. The molecular formula is C27H36N4O3. The van der Waals surface area contributed by atoms with Crippen LogP contribution < -0.4 is 16.4 Å². The summed E-state index contributed by atoms with van der Waals surface area (Å²) in [5, 5.41) is 8.05. The predicted octanol–water partition coefficient (Wildman–Crippen LogP) is 2.83. The molecule has 0 spiro atoms. The van der Waals surface area contributed by atoms with E-state index in [1.165, 1.54) is 0 Å². The van der Waals surface area contributed by atoms with E-state index in [2.05, 4.69) is 10.6 Å². The molecule has 0 radical (unpaired) electrons. The molecule has 1 aliphatic heterocycles. The van der Waals surface area contributed by atoms with E-state index in [1.54, 1.807) is 6.92 Å². The second-order valence-corrected chi connectivity index (χ2v) is 10.9. The molecule has 1 saturated heterocycles. The number of amides is 3. The molecule has 2 aromatic carbocycles. The van der Waals surface area contributed by atoms with Crippen molar-refractivity contribution in [3.05, 3.63) is 48.0 Å². The number of carbonyl (C=O) groups excluding carboxylic acids is 3. The number of nitrogens with one attached hydrogen (secondary N) is 2. The fourth-order valence-corrected chi connectivity index (χ4v) is 5.48. The molecule has 1 aliphatic carbocycles. The summed E-state index contributed by atoms with van der Waals surface area (Å²) in [7, 11) is 0. The predicted molar refractivity (Wildman–Crippen MR) is 133 cm³/mol. The molecule has 7 nitrogen and oxygen atoms in total. The van der Waals surface area contributed by atoms with Crippen LogP contribution in [-0.4, -0.2) is 53.3 Å². The van der Waals surface area contributed by atoms with Gasteiger partial charge in [0.15, 0.2) is 0 Å². The van der Waals surface area contributed by atoms with Gasteiger partial charge in [0.1, 0.15) is 6.04 Å². The fraction of sp³-hybridized carbons (Fsp3) is 0.519. The lowest BCUT2D eigenvalue weighted by Crippen LogP contribution is -2.60. The highest BCUT2D eigenvalue weighted by Crippen LogP contribution is 2.39. The Labute approximate surface area is 201 Å². The normalized spacial score (nSPS) is 23.9. The van der Waals surface area contributed by atoms with Gasteiger partial charge in [-0.15, -0.1) is 0 Å². The fourth-order valence-electron chi connectivity index (χ4n) is 5.48. The van der Waals surface area contributed by atoms with Crippen molar-refractivity contribution in [2.75, 3.05) is 6.54 Å². The van der Waals surface area contributed by atoms with Crippen LogP contribution in [0.15, 0.2) is 42.5 Å². The number of benzene rings is 2. The van der Waals surface area contributed by atoms with Crippen LogP contribution >= 0.6 is 0 Å². The summed E-state index contributed by atoms with van der Waals surface area (Å²) in [6.07, 6.45) is 2.72. The monoisotopic (exact) mass is 464 g/mol. The second kappa shape index (κ2) is 9.37. The molecular weight excluding hydrogens is 428 g/mol. The number of nitrogens with two attached hydrogens (primary N) is 1. The maximum Gasteiger partial charge on any atom is 0.252 e. The summed E-state index contributed by atoms with van der Waals surface area (Å²) in [4.78, 5) is 41.3. The largest absolute Gasteiger partial charge is 0.347 e. The van der Waals surface area contributed by atoms with Crippen LogP contribution in [0.25, 0.3) is 10.8 Å². The van der Waals surface area contributed by atoms with Crippen molar-refractivity contribution in [1.29, 1.82) is 0 Å². The van der Waals surface area contributed by atoms with Crippen LogP contribution in [0.2, 0.25) is 0 Å².